The van der Waals surface area contributed by atoms with Gasteiger partial charge in [-0.1, -0.05) is 12.1 Å². The summed E-state index contributed by atoms with van der Waals surface area (Å²) in [5.41, 5.74) is 0.628. The van der Waals surface area contributed by atoms with E-state index in [1.165, 1.54) is 4.90 Å². The number of hydrogen-bond donors (Lipinski definition) is 2. The summed E-state index contributed by atoms with van der Waals surface area (Å²) in [6.07, 6.45) is 1.21. The molecule has 1 aliphatic rings. The van der Waals surface area contributed by atoms with Crippen molar-refractivity contribution in [1.82, 2.24) is 4.90 Å². The van der Waals surface area contributed by atoms with Gasteiger partial charge in [-0.25, -0.2) is 9.59 Å². The number of nitrogens with zero attached hydrogens (tertiary/aromatic N) is 1. The summed E-state index contributed by atoms with van der Waals surface area (Å²) in [4.78, 5) is 36.8. The smallest absolute Gasteiger partial charge is 0.340 e. The van der Waals surface area contributed by atoms with Crippen LogP contribution in [0.4, 0.5) is 10.5 Å². The second-order valence-corrected chi connectivity index (χ2v) is 5.32. The number of aliphatic carboxylic acids is 1. The maximum atomic E-state index is 12.3. The molecular formula is C16H20N2O5. The summed E-state index contributed by atoms with van der Waals surface area (Å²) in [6.45, 7) is 2.62. The number of amides is 2. The fourth-order valence-electron chi connectivity index (χ4n) is 2.54. The molecule has 7 heteroatoms. The summed E-state index contributed by atoms with van der Waals surface area (Å²) < 4.78 is 4.96. The molecule has 2 N–H and O–H groups in total. The van der Waals surface area contributed by atoms with Crippen molar-refractivity contribution in [3.8, 4) is 0 Å². The Morgan fingerprint density at radius 3 is 2.78 bits per heavy atom. The number of carbonyl (C=O) groups is 3. The Bertz CT molecular complexity index is 602. The van der Waals surface area contributed by atoms with Gasteiger partial charge in [0.1, 0.15) is 0 Å². The number of esters is 1. The Balaban J connectivity index is 2.08. The number of anilines is 1. The fourth-order valence-corrected chi connectivity index (χ4v) is 2.54. The van der Waals surface area contributed by atoms with E-state index in [1.54, 1.807) is 31.2 Å². The lowest BCUT2D eigenvalue weighted by Crippen LogP contribution is -2.44. The van der Waals surface area contributed by atoms with E-state index in [-0.39, 0.29) is 18.7 Å². The normalized spacial score (nSPS) is 17.4. The third-order valence-corrected chi connectivity index (χ3v) is 3.72. The largest absolute Gasteiger partial charge is 0.481 e. The molecule has 1 aliphatic heterocycles. The molecule has 2 rings (SSSR count). The van der Waals surface area contributed by atoms with Crippen LogP contribution in [-0.4, -0.2) is 47.7 Å². The minimum Gasteiger partial charge on any atom is -0.481 e. The molecule has 0 aromatic heterocycles. The molecule has 1 unspecified atom stereocenters. The first-order chi connectivity index (χ1) is 11.0. The quantitative estimate of drug-likeness (QED) is 0.829. The van der Waals surface area contributed by atoms with Gasteiger partial charge in [-0.3, -0.25) is 4.79 Å². The van der Waals surface area contributed by atoms with Gasteiger partial charge in [0.2, 0.25) is 0 Å². The highest BCUT2D eigenvalue weighted by Crippen LogP contribution is 2.20. The minimum atomic E-state index is -0.894. The number of para-hydroxylation sites is 1. The summed E-state index contributed by atoms with van der Waals surface area (Å²) in [7, 11) is 0. The number of carboxylic acid groups (broad SMARTS) is 1. The van der Waals surface area contributed by atoms with Gasteiger partial charge >= 0.3 is 18.0 Å². The number of carboxylic acids is 1. The van der Waals surface area contributed by atoms with Crippen molar-refractivity contribution in [3.63, 3.8) is 0 Å². The molecule has 124 valence electrons. The Morgan fingerprint density at radius 1 is 1.35 bits per heavy atom. The van der Waals surface area contributed by atoms with Gasteiger partial charge in [0.05, 0.1) is 23.8 Å². The molecule has 0 radical (unpaired) electrons. The van der Waals surface area contributed by atoms with Gasteiger partial charge in [0.25, 0.3) is 0 Å². The summed E-state index contributed by atoms with van der Waals surface area (Å²) in [6, 6.07) is 6.16. The Labute approximate surface area is 134 Å². The van der Waals surface area contributed by atoms with Crippen molar-refractivity contribution >= 4 is 23.7 Å². The lowest BCUT2D eigenvalue weighted by molar-refractivity contribution is -0.143. The molecule has 1 heterocycles. The Hall–Kier alpha value is -2.57. The van der Waals surface area contributed by atoms with Crippen LogP contribution in [0.2, 0.25) is 0 Å². The highest BCUT2D eigenvalue weighted by Gasteiger charge is 2.28. The number of carbonyl (C=O) groups excluding carboxylic acids is 2. The van der Waals surface area contributed by atoms with Gasteiger partial charge in [0, 0.05) is 13.1 Å². The SMILES string of the molecule is CCOC(=O)c1ccccc1NC(=O)N1CCCC(C(=O)O)C1. The third-order valence-electron chi connectivity index (χ3n) is 3.72. The van der Waals surface area contributed by atoms with Crippen LogP contribution >= 0.6 is 0 Å². The average Bonchev–Trinajstić information content (AvgIpc) is 2.55. The minimum absolute atomic E-state index is 0.169. The zero-order chi connectivity index (χ0) is 16.8. The number of likely N-dealkylation sites (tertiary alicyclic amines) is 1. The van der Waals surface area contributed by atoms with Gasteiger partial charge in [-0.15, -0.1) is 0 Å². The lowest BCUT2D eigenvalue weighted by atomic mass is 9.99. The van der Waals surface area contributed by atoms with E-state index in [2.05, 4.69) is 5.32 Å². The van der Waals surface area contributed by atoms with Crippen molar-refractivity contribution in [1.29, 1.82) is 0 Å². The molecular weight excluding hydrogens is 300 g/mol. The van der Waals surface area contributed by atoms with Crippen LogP contribution in [0, 0.1) is 5.92 Å². The third kappa shape index (κ3) is 4.21. The Kier molecular flexibility index (Phi) is 5.56. The van der Waals surface area contributed by atoms with Gasteiger partial charge < -0.3 is 20.1 Å². The van der Waals surface area contributed by atoms with E-state index < -0.39 is 23.9 Å². The number of piperidine rings is 1. The number of rotatable bonds is 4. The molecule has 23 heavy (non-hydrogen) atoms. The van der Waals surface area contributed by atoms with Crippen LogP contribution in [0.3, 0.4) is 0 Å². The Morgan fingerprint density at radius 2 is 2.09 bits per heavy atom. The van der Waals surface area contributed by atoms with Crippen molar-refractivity contribution < 1.29 is 24.2 Å². The predicted molar refractivity (Wildman–Crippen MR) is 83.4 cm³/mol. The van der Waals surface area contributed by atoms with E-state index in [0.29, 0.717) is 25.1 Å². The van der Waals surface area contributed by atoms with Gasteiger partial charge in [-0.2, -0.15) is 0 Å². The molecule has 1 aromatic carbocycles. The fraction of sp³-hybridized carbons (Fsp3) is 0.438. The summed E-state index contributed by atoms with van der Waals surface area (Å²) in [5.74, 6) is -1.95. The van der Waals surface area contributed by atoms with Crippen LogP contribution in [0.15, 0.2) is 24.3 Å². The maximum absolute atomic E-state index is 12.3. The standard InChI is InChI=1S/C16H20N2O5/c1-2-23-15(21)12-7-3-4-8-13(12)17-16(22)18-9-5-6-11(10-18)14(19)20/h3-4,7-8,11H,2,5-6,9-10H2,1H3,(H,17,22)(H,19,20). The molecule has 7 nitrogen and oxygen atoms in total. The number of ether oxygens (including phenoxy) is 1. The predicted octanol–water partition coefficient (Wildman–Crippen LogP) is 2.19. The number of hydrogen-bond acceptors (Lipinski definition) is 4. The van der Waals surface area contributed by atoms with Gasteiger partial charge in [0.15, 0.2) is 0 Å². The number of nitrogens with one attached hydrogen (secondary N) is 1. The molecule has 0 saturated carbocycles. The topological polar surface area (TPSA) is 95.9 Å². The van der Waals surface area contributed by atoms with Crippen molar-refractivity contribution in [2.75, 3.05) is 25.0 Å². The monoisotopic (exact) mass is 320 g/mol. The first-order valence-electron chi connectivity index (χ1n) is 7.57. The van der Waals surface area contributed by atoms with Crippen LogP contribution in [-0.2, 0) is 9.53 Å². The highest BCUT2D eigenvalue weighted by atomic mass is 16.5. The molecule has 1 atom stereocenters. The second-order valence-electron chi connectivity index (χ2n) is 5.32. The second kappa shape index (κ2) is 7.62. The molecule has 1 aromatic rings. The molecule has 2 amide bonds. The number of benzene rings is 1. The average molecular weight is 320 g/mol. The molecule has 0 bridgehead atoms. The van der Waals surface area contributed by atoms with Crippen LogP contribution < -0.4 is 5.32 Å². The van der Waals surface area contributed by atoms with Gasteiger partial charge in [-0.05, 0) is 31.9 Å². The lowest BCUT2D eigenvalue weighted by Gasteiger charge is -2.30. The van der Waals surface area contributed by atoms with Crippen molar-refractivity contribution in [2.24, 2.45) is 5.92 Å². The number of urea groups is 1. The van der Waals surface area contributed by atoms with E-state index in [4.69, 9.17) is 9.84 Å². The van der Waals surface area contributed by atoms with E-state index in [1.807, 2.05) is 0 Å². The van der Waals surface area contributed by atoms with Crippen LogP contribution in [0.1, 0.15) is 30.1 Å². The van der Waals surface area contributed by atoms with Crippen molar-refractivity contribution in [3.05, 3.63) is 29.8 Å². The maximum Gasteiger partial charge on any atom is 0.340 e. The first-order valence-corrected chi connectivity index (χ1v) is 7.57. The molecule has 1 fully saturated rings. The van der Waals surface area contributed by atoms with Crippen molar-refractivity contribution in [2.45, 2.75) is 19.8 Å². The summed E-state index contributed by atoms with van der Waals surface area (Å²) in [5, 5.41) is 11.8. The van der Waals surface area contributed by atoms with E-state index in [0.717, 1.165) is 0 Å². The molecule has 0 aliphatic carbocycles. The molecule has 0 spiro atoms. The molecule has 1 saturated heterocycles. The van der Waals surface area contributed by atoms with Crippen LogP contribution in [0.5, 0.6) is 0 Å². The van der Waals surface area contributed by atoms with Crippen LogP contribution in [0.25, 0.3) is 0 Å². The van der Waals surface area contributed by atoms with E-state index >= 15 is 0 Å². The zero-order valence-corrected chi connectivity index (χ0v) is 12.9. The first kappa shape index (κ1) is 16.8. The highest BCUT2D eigenvalue weighted by molar-refractivity contribution is 6.00. The summed E-state index contributed by atoms with van der Waals surface area (Å²) >= 11 is 0. The zero-order valence-electron chi connectivity index (χ0n) is 12.9. The van der Waals surface area contributed by atoms with E-state index in [9.17, 15) is 14.4 Å².